The van der Waals surface area contributed by atoms with E-state index >= 15 is 0 Å². The smallest absolute Gasteiger partial charge is 0.258 e. The minimum atomic E-state index is -0.407. The summed E-state index contributed by atoms with van der Waals surface area (Å²) in [7, 11) is 5.48. The minimum Gasteiger partial charge on any atom is -0.397 e. The first kappa shape index (κ1) is 26.5. The minimum absolute atomic E-state index is 0.0121. The number of aryl methyl sites for hydroxylation is 1. The lowest BCUT2D eigenvalue weighted by Crippen LogP contribution is -2.33. The fourth-order valence-electron chi connectivity index (χ4n) is 5.35. The van der Waals surface area contributed by atoms with Crippen molar-refractivity contribution in [2.45, 2.75) is 25.3 Å². The Hall–Kier alpha value is -4.13. The average molecular weight is 544 g/mol. The van der Waals surface area contributed by atoms with E-state index in [4.69, 9.17) is 17.3 Å². The molecule has 4 aromatic rings. The number of carbonyl (C=O) groups excluding carboxylic acids is 1. The van der Waals surface area contributed by atoms with E-state index in [2.05, 4.69) is 22.0 Å². The van der Waals surface area contributed by atoms with Crippen molar-refractivity contribution in [1.29, 1.82) is 5.26 Å². The summed E-state index contributed by atoms with van der Waals surface area (Å²) in [4.78, 5) is 33.6. The van der Waals surface area contributed by atoms with Crippen LogP contribution < -0.4 is 11.3 Å². The molecule has 0 saturated carbocycles. The number of aromatic nitrogens is 3. The molecule has 2 N–H and O–H groups in total. The lowest BCUT2D eigenvalue weighted by atomic mass is 9.89. The van der Waals surface area contributed by atoms with Gasteiger partial charge in [0.2, 0.25) is 0 Å². The van der Waals surface area contributed by atoms with Gasteiger partial charge in [0.25, 0.3) is 11.5 Å². The van der Waals surface area contributed by atoms with Gasteiger partial charge in [0.05, 0.1) is 11.4 Å². The largest absolute Gasteiger partial charge is 0.397 e. The summed E-state index contributed by atoms with van der Waals surface area (Å²) in [5, 5.41) is 10.2. The summed E-state index contributed by atoms with van der Waals surface area (Å²) < 4.78 is 3.35. The van der Waals surface area contributed by atoms with Gasteiger partial charge in [-0.05, 0) is 61.7 Å². The van der Waals surface area contributed by atoms with Crippen molar-refractivity contribution in [2.75, 3.05) is 32.9 Å². The molecular formula is C29H30ClN7O2. The summed E-state index contributed by atoms with van der Waals surface area (Å²) in [6.07, 6.45) is 3.69. The monoisotopic (exact) mass is 543 g/mol. The molecule has 3 aromatic heterocycles. The van der Waals surface area contributed by atoms with Crippen LogP contribution in [0.3, 0.4) is 0 Å². The third-order valence-corrected chi connectivity index (χ3v) is 7.92. The van der Waals surface area contributed by atoms with E-state index in [-0.39, 0.29) is 22.3 Å². The van der Waals surface area contributed by atoms with Gasteiger partial charge in [0, 0.05) is 56.6 Å². The van der Waals surface area contributed by atoms with E-state index < -0.39 is 5.56 Å². The van der Waals surface area contributed by atoms with Crippen LogP contribution in [0.2, 0.25) is 5.15 Å². The van der Waals surface area contributed by atoms with Gasteiger partial charge in [0.1, 0.15) is 22.4 Å². The third kappa shape index (κ3) is 4.89. The van der Waals surface area contributed by atoms with Gasteiger partial charge in [-0.2, -0.15) is 5.26 Å². The number of hydrogen-bond acceptors (Lipinski definition) is 6. The molecule has 1 saturated heterocycles. The zero-order chi connectivity index (χ0) is 27.8. The summed E-state index contributed by atoms with van der Waals surface area (Å²) in [5.41, 5.74) is 9.89. The van der Waals surface area contributed by atoms with Crippen molar-refractivity contribution in [1.82, 2.24) is 23.9 Å². The van der Waals surface area contributed by atoms with E-state index in [1.807, 2.05) is 35.9 Å². The van der Waals surface area contributed by atoms with Crippen molar-refractivity contribution in [3.63, 3.8) is 0 Å². The van der Waals surface area contributed by atoms with Crippen LogP contribution in [0.15, 0.2) is 53.5 Å². The van der Waals surface area contributed by atoms with Crippen molar-refractivity contribution in [3.05, 3.63) is 86.6 Å². The maximum Gasteiger partial charge on any atom is 0.258 e. The lowest BCUT2D eigenvalue weighted by Gasteiger charge is -2.32. The maximum atomic E-state index is 12.8. The fraction of sp³-hybridized carbons (Fsp3) is 0.310. The van der Waals surface area contributed by atoms with E-state index in [9.17, 15) is 14.9 Å². The van der Waals surface area contributed by atoms with Crippen molar-refractivity contribution >= 4 is 34.2 Å². The van der Waals surface area contributed by atoms with Gasteiger partial charge in [-0.25, -0.2) is 4.98 Å². The maximum absolute atomic E-state index is 12.8. The number of carbonyl (C=O) groups is 1. The second-order valence-electron chi connectivity index (χ2n) is 10.2. The van der Waals surface area contributed by atoms with E-state index in [1.54, 1.807) is 31.3 Å². The molecule has 5 rings (SSSR count). The Morgan fingerprint density at radius 3 is 2.51 bits per heavy atom. The molecule has 1 aliphatic rings. The molecular weight excluding hydrogens is 514 g/mol. The predicted octanol–water partition coefficient (Wildman–Crippen LogP) is 3.91. The number of likely N-dealkylation sites (tertiary alicyclic amines) is 1. The van der Waals surface area contributed by atoms with E-state index in [0.717, 1.165) is 49.2 Å². The number of amides is 1. The molecule has 4 heterocycles. The van der Waals surface area contributed by atoms with Gasteiger partial charge >= 0.3 is 0 Å². The average Bonchev–Trinajstić information content (AvgIpc) is 3.24. The van der Waals surface area contributed by atoms with Crippen LogP contribution in [0.4, 0.5) is 5.69 Å². The molecule has 200 valence electrons. The highest BCUT2D eigenvalue weighted by molar-refractivity contribution is 6.31. The van der Waals surface area contributed by atoms with Crippen LogP contribution in [0.5, 0.6) is 0 Å². The molecule has 39 heavy (non-hydrogen) atoms. The van der Waals surface area contributed by atoms with Crippen LogP contribution in [-0.4, -0.2) is 57.0 Å². The van der Waals surface area contributed by atoms with Gasteiger partial charge < -0.3 is 15.2 Å². The SMILES string of the molecule is CN(C)C(=O)c1ccc(C2CCN(Cc3cc4c(-n5c(Cl)c(C#N)c(N)cc5=O)ccnc4n3C)CC2)cc1. The first-order valence-corrected chi connectivity index (χ1v) is 13.2. The number of anilines is 1. The molecule has 0 atom stereocenters. The fourth-order valence-corrected chi connectivity index (χ4v) is 5.67. The van der Waals surface area contributed by atoms with Crippen LogP contribution in [-0.2, 0) is 13.6 Å². The predicted molar refractivity (Wildman–Crippen MR) is 152 cm³/mol. The number of benzene rings is 1. The van der Waals surface area contributed by atoms with E-state index in [1.165, 1.54) is 16.2 Å². The number of rotatable bonds is 5. The number of nitrogens with two attached hydrogens (primary N) is 1. The third-order valence-electron chi connectivity index (χ3n) is 7.56. The molecule has 1 aliphatic heterocycles. The van der Waals surface area contributed by atoms with E-state index in [0.29, 0.717) is 17.2 Å². The first-order valence-electron chi connectivity index (χ1n) is 12.8. The van der Waals surface area contributed by atoms with Crippen molar-refractivity contribution < 1.29 is 4.79 Å². The molecule has 0 radical (unpaired) electrons. The zero-order valence-corrected chi connectivity index (χ0v) is 22.9. The number of pyridine rings is 2. The summed E-state index contributed by atoms with van der Waals surface area (Å²) in [6.45, 7) is 2.63. The van der Waals surface area contributed by atoms with Crippen LogP contribution in [0.1, 0.15) is 45.9 Å². The number of halogens is 1. The number of hydrogen-bond donors (Lipinski definition) is 1. The number of nitrogen functional groups attached to an aromatic ring is 1. The zero-order valence-electron chi connectivity index (χ0n) is 22.2. The molecule has 0 bridgehead atoms. The molecule has 10 heteroatoms. The normalized spacial score (nSPS) is 14.4. The molecule has 1 fully saturated rings. The molecule has 0 aliphatic carbocycles. The Balaban J connectivity index is 1.35. The van der Waals surface area contributed by atoms with Gasteiger partial charge in [-0.15, -0.1) is 0 Å². The summed E-state index contributed by atoms with van der Waals surface area (Å²) >= 11 is 6.46. The molecule has 0 spiro atoms. The quantitative estimate of drug-likeness (QED) is 0.382. The Labute approximate surface area is 231 Å². The Morgan fingerprint density at radius 2 is 1.87 bits per heavy atom. The Bertz CT molecular complexity index is 1660. The van der Waals surface area contributed by atoms with Crippen LogP contribution in [0.25, 0.3) is 16.7 Å². The topological polar surface area (TPSA) is 113 Å². The molecule has 9 nitrogen and oxygen atoms in total. The van der Waals surface area contributed by atoms with Crippen LogP contribution in [0, 0.1) is 11.3 Å². The highest BCUT2D eigenvalue weighted by Crippen LogP contribution is 2.31. The molecule has 0 unspecified atom stereocenters. The molecule has 1 aromatic carbocycles. The van der Waals surface area contributed by atoms with Crippen LogP contribution >= 0.6 is 11.6 Å². The number of piperidine rings is 1. The Morgan fingerprint density at radius 1 is 1.18 bits per heavy atom. The highest BCUT2D eigenvalue weighted by atomic mass is 35.5. The second-order valence-corrected chi connectivity index (χ2v) is 10.5. The first-order chi connectivity index (χ1) is 18.7. The number of fused-ring (bicyclic) bond motifs is 1. The van der Waals surface area contributed by atoms with Gasteiger partial charge in [-0.3, -0.25) is 19.1 Å². The van der Waals surface area contributed by atoms with Crippen molar-refractivity contribution in [3.8, 4) is 11.8 Å². The summed E-state index contributed by atoms with van der Waals surface area (Å²) in [5.74, 6) is 0.470. The summed E-state index contributed by atoms with van der Waals surface area (Å²) in [6, 6.07) is 15.0. The molecule has 1 amide bonds. The lowest BCUT2D eigenvalue weighted by molar-refractivity contribution is 0.0827. The van der Waals surface area contributed by atoms with Crippen molar-refractivity contribution in [2.24, 2.45) is 7.05 Å². The van der Waals surface area contributed by atoms with Gasteiger partial charge in [-0.1, -0.05) is 23.7 Å². The standard InChI is InChI=1S/C29H30ClN7O2/c1-34(2)29(39)20-6-4-18(5-7-20)19-9-12-36(13-10-19)17-21-14-22-25(8-11-33-28(22)35(21)3)37-26(38)15-24(32)23(16-31)27(37)30/h4-8,11,14-15,19H,9-10,12-13,17,32H2,1-3H3. The number of nitriles is 1. The second kappa shape index (κ2) is 10.6. The number of nitrogens with zero attached hydrogens (tertiary/aromatic N) is 6. The van der Waals surface area contributed by atoms with Gasteiger partial charge in [0.15, 0.2) is 0 Å². The highest BCUT2D eigenvalue weighted by Gasteiger charge is 2.23. The Kier molecular flexibility index (Phi) is 7.17.